The van der Waals surface area contributed by atoms with Gasteiger partial charge in [0.15, 0.2) is 0 Å². The summed E-state index contributed by atoms with van der Waals surface area (Å²) in [7, 11) is 0. The second-order valence-corrected chi connectivity index (χ2v) is 6.63. The van der Waals surface area contributed by atoms with Gasteiger partial charge in [0.05, 0.1) is 6.61 Å². The van der Waals surface area contributed by atoms with Crippen LogP contribution in [0.15, 0.2) is 24.3 Å². The van der Waals surface area contributed by atoms with Gasteiger partial charge in [-0.05, 0) is 68.1 Å². The van der Waals surface area contributed by atoms with Gasteiger partial charge in [-0.25, -0.2) is 4.79 Å². The van der Waals surface area contributed by atoms with Gasteiger partial charge >= 0.3 is 6.09 Å². The van der Waals surface area contributed by atoms with E-state index in [0.717, 1.165) is 25.7 Å². The minimum Gasteiger partial charge on any atom is -0.449 e. The Labute approximate surface area is 139 Å². The number of carbonyl (C=O) groups excluding carboxylic acids is 1. The Morgan fingerprint density at radius 1 is 1.17 bits per heavy atom. The second-order valence-electron chi connectivity index (χ2n) is 6.63. The van der Waals surface area contributed by atoms with Crippen molar-refractivity contribution in [3.05, 3.63) is 29.8 Å². The summed E-state index contributed by atoms with van der Waals surface area (Å²) in [6.07, 6.45) is 6.11. The third-order valence-electron chi connectivity index (χ3n) is 5.05. The molecule has 2 rings (SSSR count). The molecule has 0 saturated heterocycles. The van der Waals surface area contributed by atoms with E-state index in [1.807, 2.05) is 0 Å². The highest BCUT2D eigenvalue weighted by molar-refractivity contribution is 5.64. The van der Waals surface area contributed by atoms with Gasteiger partial charge in [0.1, 0.15) is 0 Å². The number of hydrogen-bond donors (Lipinski definition) is 2. The van der Waals surface area contributed by atoms with Crippen LogP contribution in [0.3, 0.4) is 0 Å². The molecule has 3 N–H and O–H groups in total. The van der Waals surface area contributed by atoms with Crippen LogP contribution in [-0.2, 0) is 4.74 Å². The molecule has 0 aromatic heterocycles. The average Bonchev–Trinajstić information content (AvgIpc) is 2.57. The number of carbonyl (C=O) groups is 1. The molecule has 23 heavy (non-hydrogen) atoms. The molecule has 0 aliphatic heterocycles. The van der Waals surface area contributed by atoms with Gasteiger partial charge in [-0.15, -0.1) is 0 Å². The fraction of sp³-hybridized carbons (Fsp3) is 0.632. The Hall–Kier alpha value is -1.71. The molecule has 4 nitrogen and oxygen atoms in total. The van der Waals surface area contributed by atoms with Crippen LogP contribution in [0.1, 0.15) is 63.9 Å². The summed E-state index contributed by atoms with van der Waals surface area (Å²) in [5.41, 5.74) is 7.66. The van der Waals surface area contributed by atoms with Crippen LogP contribution in [0.5, 0.6) is 0 Å². The van der Waals surface area contributed by atoms with Crippen LogP contribution >= 0.6 is 0 Å². The molecule has 1 aromatic rings. The SMILES string of the molecule is CCC(CC)c1ccc(NC2CCC(COC(N)=O)CC2)cc1. The predicted octanol–water partition coefficient (Wildman–Crippen LogP) is 4.66. The fourth-order valence-corrected chi connectivity index (χ4v) is 3.52. The zero-order valence-corrected chi connectivity index (χ0v) is 14.4. The minimum atomic E-state index is -0.664. The molecular weight excluding hydrogens is 288 g/mol. The van der Waals surface area contributed by atoms with E-state index in [1.54, 1.807) is 0 Å². The van der Waals surface area contributed by atoms with Gasteiger partial charge < -0.3 is 15.8 Å². The largest absolute Gasteiger partial charge is 0.449 e. The van der Waals surface area contributed by atoms with Crippen molar-refractivity contribution in [2.24, 2.45) is 11.7 Å². The molecule has 4 heteroatoms. The first-order valence-electron chi connectivity index (χ1n) is 8.91. The van der Waals surface area contributed by atoms with Crippen molar-refractivity contribution in [1.29, 1.82) is 0 Å². The number of nitrogens with one attached hydrogen (secondary N) is 1. The molecule has 0 heterocycles. The van der Waals surface area contributed by atoms with Gasteiger partial charge in [-0.1, -0.05) is 26.0 Å². The smallest absolute Gasteiger partial charge is 0.404 e. The maximum absolute atomic E-state index is 10.7. The first-order chi connectivity index (χ1) is 11.1. The number of ether oxygens (including phenoxy) is 1. The van der Waals surface area contributed by atoms with Crippen LogP contribution in [0.4, 0.5) is 10.5 Å². The number of anilines is 1. The van der Waals surface area contributed by atoms with E-state index in [2.05, 4.69) is 43.4 Å². The van der Waals surface area contributed by atoms with Crippen LogP contribution in [0.2, 0.25) is 0 Å². The maximum atomic E-state index is 10.7. The predicted molar refractivity (Wildman–Crippen MR) is 94.7 cm³/mol. The van der Waals surface area contributed by atoms with Crippen LogP contribution in [0, 0.1) is 5.92 Å². The molecule has 0 bridgehead atoms. The monoisotopic (exact) mass is 318 g/mol. The summed E-state index contributed by atoms with van der Waals surface area (Å²) in [4.78, 5) is 10.7. The number of nitrogens with two attached hydrogens (primary N) is 1. The Kier molecular flexibility index (Phi) is 6.75. The third kappa shape index (κ3) is 5.45. The molecule has 0 radical (unpaired) electrons. The van der Waals surface area contributed by atoms with Gasteiger partial charge in [0.2, 0.25) is 0 Å². The van der Waals surface area contributed by atoms with Crippen LogP contribution in [-0.4, -0.2) is 18.7 Å². The Morgan fingerprint density at radius 3 is 2.30 bits per heavy atom. The topological polar surface area (TPSA) is 64.3 Å². The van der Waals surface area contributed by atoms with Crippen molar-refractivity contribution in [2.75, 3.05) is 11.9 Å². The van der Waals surface area contributed by atoms with Crippen molar-refractivity contribution in [3.63, 3.8) is 0 Å². The third-order valence-corrected chi connectivity index (χ3v) is 5.05. The molecule has 1 fully saturated rings. The Balaban J connectivity index is 1.79. The number of primary amides is 1. The molecular formula is C19H30N2O2. The van der Waals surface area contributed by atoms with E-state index in [9.17, 15) is 4.79 Å². The molecule has 1 aliphatic carbocycles. The quantitative estimate of drug-likeness (QED) is 0.768. The highest BCUT2D eigenvalue weighted by atomic mass is 16.5. The van der Waals surface area contributed by atoms with Gasteiger partial charge in [-0.3, -0.25) is 0 Å². The zero-order chi connectivity index (χ0) is 16.7. The van der Waals surface area contributed by atoms with Gasteiger partial charge in [0.25, 0.3) is 0 Å². The van der Waals surface area contributed by atoms with Crippen molar-refractivity contribution >= 4 is 11.8 Å². The summed E-state index contributed by atoms with van der Waals surface area (Å²) in [5, 5.41) is 3.64. The normalized spacial score (nSPS) is 21.2. The van der Waals surface area contributed by atoms with Crippen molar-refractivity contribution in [1.82, 2.24) is 0 Å². The Bertz CT molecular complexity index is 475. The lowest BCUT2D eigenvalue weighted by molar-refractivity contribution is 0.123. The van der Waals surface area contributed by atoms with Crippen molar-refractivity contribution in [3.8, 4) is 0 Å². The summed E-state index contributed by atoms with van der Waals surface area (Å²) in [6.45, 7) is 4.97. The van der Waals surface area contributed by atoms with Gasteiger partial charge in [-0.2, -0.15) is 0 Å². The molecule has 1 aromatic carbocycles. The number of rotatable bonds is 7. The van der Waals surface area contributed by atoms with Crippen LogP contribution < -0.4 is 11.1 Å². The van der Waals surface area contributed by atoms with Crippen LogP contribution in [0.25, 0.3) is 0 Å². The van der Waals surface area contributed by atoms with Gasteiger partial charge in [0, 0.05) is 11.7 Å². The molecule has 128 valence electrons. The van der Waals surface area contributed by atoms with E-state index in [0.29, 0.717) is 24.5 Å². The molecule has 0 atom stereocenters. The molecule has 1 aliphatic rings. The molecule has 0 spiro atoms. The summed E-state index contributed by atoms with van der Waals surface area (Å²) < 4.78 is 4.91. The molecule has 1 amide bonds. The standard InChI is InChI=1S/C19H30N2O2/c1-3-15(4-2)16-7-11-18(12-8-16)21-17-9-5-14(6-10-17)13-23-19(20)22/h7-8,11-12,14-15,17,21H,3-6,9-10,13H2,1-2H3,(H2,20,22). The maximum Gasteiger partial charge on any atom is 0.404 e. The highest BCUT2D eigenvalue weighted by Gasteiger charge is 2.22. The second kappa shape index (κ2) is 8.80. The van der Waals surface area contributed by atoms with E-state index in [-0.39, 0.29) is 0 Å². The lowest BCUT2D eigenvalue weighted by Gasteiger charge is -2.29. The number of amides is 1. The summed E-state index contributed by atoms with van der Waals surface area (Å²) >= 11 is 0. The minimum absolute atomic E-state index is 0.456. The Morgan fingerprint density at radius 2 is 1.78 bits per heavy atom. The fourth-order valence-electron chi connectivity index (χ4n) is 3.52. The van der Waals surface area contributed by atoms with Crippen molar-refractivity contribution in [2.45, 2.75) is 64.3 Å². The lowest BCUT2D eigenvalue weighted by Crippen LogP contribution is -2.29. The van der Waals surface area contributed by atoms with E-state index >= 15 is 0 Å². The zero-order valence-electron chi connectivity index (χ0n) is 14.4. The first kappa shape index (κ1) is 17.6. The number of benzene rings is 1. The molecule has 1 saturated carbocycles. The van der Waals surface area contributed by atoms with E-state index in [1.165, 1.54) is 24.1 Å². The number of hydrogen-bond acceptors (Lipinski definition) is 3. The average molecular weight is 318 g/mol. The highest BCUT2D eigenvalue weighted by Crippen LogP contribution is 2.28. The summed E-state index contributed by atoms with van der Waals surface area (Å²) in [5.74, 6) is 1.13. The van der Waals surface area contributed by atoms with E-state index in [4.69, 9.17) is 10.5 Å². The van der Waals surface area contributed by atoms with Crippen molar-refractivity contribution < 1.29 is 9.53 Å². The van der Waals surface area contributed by atoms with E-state index < -0.39 is 6.09 Å². The first-order valence-corrected chi connectivity index (χ1v) is 8.91. The molecule has 0 unspecified atom stereocenters. The lowest BCUT2D eigenvalue weighted by atomic mass is 9.86. The summed E-state index contributed by atoms with van der Waals surface area (Å²) in [6, 6.07) is 9.43.